The van der Waals surface area contributed by atoms with Gasteiger partial charge in [-0.25, -0.2) is 0 Å². The number of hydrogen-bond donors (Lipinski definition) is 0. The van der Waals surface area contributed by atoms with E-state index in [1.54, 1.807) is 0 Å². The van der Waals surface area contributed by atoms with Gasteiger partial charge in [0.15, 0.2) is 12.2 Å². The monoisotopic (exact) mass is 370 g/mol. The number of hydrogen-bond acceptors (Lipinski definition) is 8. The molecule has 0 amide bonds. The molecule has 0 aromatic carbocycles. The maximum atomic E-state index is 12.5. The Morgan fingerprint density at radius 3 is 2.31 bits per heavy atom. The van der Waals surface area contributed by atoms with Crippen LogP contribution in [0.2, 0.25) is 0 Å². The molecule has 0 radical (unpaired) electrons. The lowest BCUT2D eigenvalue weighted by Gasteiger charge is -2.58. The van der Waals surface area contributed by atoms with Crippen LogP contribution in [0, 0.1) is 5.92 Å². The second kappa shape index (κ2) is 7.50. The molecule has 0 N–H and O–H groups in total. The number of quaternary nitrogens is 1. The number of fused-ring (bicyclic) bond motifs is 3. The zero-order valence-corrected chi connectivity index (χ0v) is 15.2. The largest absolute Gasteiger partial charge is 0.854 e. The summed E-state index contributed by atoms with van der Waals surface area (Å²) in [6.07, 6.45) is -1.69. The van der Waals surface area contributed by atoms with Crippen LogP contribution in [-0.2, 0) is 28.6 Å². The molecule has 4 saturated heterocycles. The van der Waals surface area contributed by atoms with E-state index in [4.69, 9.17) is 14.2 Å². The minimum absolute atomic E-state index is 0.187. The van der Waals surface area contributed by atoms with Crippen molar-refractivity contribution in [1.29, 1.82) is 0 Å². The molecule has 26 heavy (non-hydrogen) atoms. The lowest BCUT2D eigenvalue weighted by atomic mass is 9.84. The van der Waals surface area contributed by atoms with Crippen LogP contribution in [0.3, 0.4) is 0 Å². The van der Waals surface area contributed by atoms with Gasteiger partial charge in [0.25, 0.3) is 0 Å². The zero-order valence-electron chi connectivity index (χ0n) is 15.2. The van der Waals surface area contributed by atoms with E-state index < -0.39 is 48.7 Å². The molecule has 4 heterocycles. The van der Waals surface area contributed by atoms with Gasteiger partial charge in [-0.3, -0.25) is 19.3 Å². The Balaban J connectivity index is 1.94. The fraction of sp³-hybridized carbons (Fsp3) is 0.824. The highest BCUT2D eigenvalue weighted by Crippen LogP contribution is 2.36. The van der Waals surface area contributed by atoms with Crippen molar-refractivity contribution in [2.24, 2.45) is 5.92 Å². The van der Waals surface area contributed by atoms with E-state index in [0.717, 1.165) is 39.3 Å². The lowest BCUT2D eigenvalue weighted by molar-refractivity contribution is -0.970. The van der Waals surface area contributed by atoms with Crippen LogP contribution in [0.5, 0.6) is 0 Å². The highest BCUT2D eigenvalue weighted by Gasteiger charge is 2.58. The predicted molar refractivity (Wildman–Crippen MR) is 85.5 cm³/mol. The number of carbonyl (C=O) groups excluding carboxylic acids is 3. The molecule has 4 atom stereocenters. The highest BCUT2D eigenvalue weighted by atomic mass is 16.6. The maximum Gasteiger partial charge on any atom is 0.314 e. The van der Waals surface area contributed by atoms with Gasteiger partial charge in [-0.05, 0) is 0 Å². The first kappa shape index (κ1) is 19.1. The first-order valence-corrected chi connectivity index (χ1v) is 9.03. The standard InChI is InChI=1S/C17H26N2O7/c1-11(21)24-10-14-16(25-12(2)22)15(13(9-20)17(23)26-14)19-6-3-18(4-7-19)5-8-19/h13-16H,3-10H2,1-2H3/t13-,14-,15+,16-/m1/s1. The zero-order chi connectivity index (χ0) is 18.9. The molecule has 0 aromatic rings. The molecule has 0 unspecified atom stereocenters. The fourth-order valence-corrected chi connectivity index (χ4v) is 4.56. The average molecular weight is 370 g/mol. The van der Waals surface area contributed by atoms with Gasteiger partial charge in [-0.1, -0.05) is 0 Å². The topological polar surface area (TPSA) is 105 Å². The predicted octanol–water partition coefficient (Wildman–Crippen LogP) is -2.10. The van der Waals surface area contributed by atoms with Crippen LogP contribution in [0.15, 0.2) is 0 Å². The summed E-state index contributed by atoms with van der Waals surface area (Å²) >= 11 is 0. The first-order valence-electron chi connectivity index (χ1n) is 9.03. The van der Waals surface area contributed by atoms with Crippen molar-refractivity contribution in [1.82, 2.24) is 4.90 Å². The average Bonchev–Trinajstić information content (AvgIpc) is 2.62. The fourth-order valence-electron chi connectivity index (χ4n) is 4.56. The molecule has 4 rings (SSSR count). The molecule has 0 spiro atoms. The molecule has 9 nitrogen and oxygen atoms in total. The third-order valence-corrected chi connectivity index (χ3v) is 5.84. The molecule has 4 aliphatic rings. The van der Waals surface area contributed by atoms with E-state index in [0.29, 0.717) is 4.48 Å². The van der Waals surface area contributed by atoms with E-state index in [-0.39, 0.29) is 6.61 Å². The molecular weight excluding hydrogens is 344 g/mol. The van der Waals surface area contributed by atoms with Gasteiger partial charge in [0.1, 0.15) is 12.6 Å². The molecule has 0 aromatic heterocycles. The number of ether oxygens (including phenoxy) is 3. The molecular formula is C17H26N2O7. The van der Waals surface area contributed by atoms with Gasteiger partial charge in [0, 0.05) is 33.5 Å². The third kappa shape index (κ3) is 3.56. The van der Waals surface area contributed by atoms with Crippen LogP contribution < -0.4 is 5.11 Å². The van der Waals surface area contributed by atoms with Gasteiger partial charge in [0.2, 0.25) is 0 Å². The number of piperazine rings is 3. The number of carbonyl (C=O) groups is 3. The van der Waals surface area contributed by atoms with Crippen LogP contribution >= 0.6 is 0 Å². The second-order valence-electron chi connectivity index (χ2n) is 7.35. The van der Waals surface area contributed by atoms with E-state index in [1.807, 2.05) is 0 Å². The summed E-state index contributed by atoms with van der Waals surface area (Å²) in [5.74, 6) is -2.49. The Hall–Kier alpha value is -1.71. The molecule has 0 saturated carbocycles. The van der Waals surface area contributed by atoms with Crippen LogP contribution in [-0.4, -0.2) is 98.0 Å². The first-order chi connectivity index (χ1) is 12.4. The Bertz CT molecular complexity index is 560. The summed E-state index contributed by atoms with van der Waals surface area (Å²) in [6.45, 7) is 6.80. The highest BCUT2D eigenvalue weighted by molar-refractivity contribution is 5.75. The van der Waals surface area contributed by atoms with Gasteiger partial charge in [-0.15, -0.1) is 6.61 Å². The van der Waals surface area contributed by atoms with Crippen molar-refractivity contribution in [2.45, 2.75) is 32.1 Å². The number of cyclic esters (lactones) is 1. The van der Waals surface area contributed by atoms with Crippen molar-refractivity contribution < 1.29 is 38.2 Å². The van der Waals surface area contributed by atoms with Gasteiger partial charge in [-0.2, -0.15) is 0 Å². The van der Waals surface area contributed by atoms with Crippen molar-refractivity contribution >= 4 is 17.9 Å². The van der Waals surface area contributed by atoms with Crippen molar-refractivity contribution in [2.75, 3.05) is 52.5 Å². The number of rotatable bonds is 5. The Morgan fingerprint density at radius 1 is 1.19 bits per heavy atom. The van der Waals surface area contributed by atoms with E-state index in [9.17, 15) is 19.5 Å². The SMILES string of the molecule is CC(=O)OC[C@H]1OC(=O)[C@H](C[O-])[C@H]([N+]23CCN(CC2)CC3)[C@@H]1OC(C)=O. The van der Waals surface area contributed by atoms with Crippen LogP contribution in [0.4, 0.5) is 0 Å². The minimum Gasteiger partial charge on any atom is -0.854 e. The lowest BCUT2D eigenvalue weighted by Crippen LogP contribution is -2.78. The normalized spacial score (nSPS) is 39.2. The van der Waals surface area contributed by atoms with Gasteiger partial charge in [0.05, 0.1) is 25.6 Å². The number of nitrogens with zero attached hydrogens (tertiary/aromatic N) is 2. The smallest absolute Gasteiger partial charge is 0.314 e. The summed E-state index contributed by atoms with van der Waals surface area (Å²) in [4.78, 5) is 37.8. The van der Waals surface area contributed by atoms with Crippen LogP contribution in [0.1, 0.15) is 13.8 Å². The molecule has 4 aliphatic heterocycles. The Labute approximate surface area is 152 Å². The van der Waals surface area contributed by atoms with Crippen molar-refractivity contribution in [3.8, 4) is 0 Å². The number of esters is 3. The third-order valence-electron chi connectivity index (χ3n) is 5.84. The Morgan fingerprint density at radius 2 is 1.81 bits per heavy atom. The minimum atomic E-state index is -0.893. The Kier molecular flexibility index (Phi) is 5.50. The van der Waals surface area contributed by atoms with Gasteiger partial charge >= 0.3 is 17.9 Å². The van der Waals surface area contributed by atoms with Crippen molar-refractivity contribution in [3.63, 3.8) is 0 Å². The molecule has 9 heteroatoms. The summed E-state index contributed by atoms with van der Waals surface area (Å²) in [5.41, 5.74) is 0. The summed E-state index contributed by atoms with van der Waals surface area (Å²) < 4.78 is 16.5. The summed E-state index contributed by atoms with van der Waals surface area (Å²) in [5, 5.41) is 11.9. The second-order valence-corrected chi connectivity index (χ2v) is 7.35. The maximum absolute atomic E-state index is 12.5. The summed E-state index contributed by atoms with van der Waals surface area (Å²) in [7, 11) is 0. The van der Waals surface area contributed by atoms with E-state index >= 15 is 0 Å². The molecule has 0 aliphatic carbocycles. The quantitative estimate of drug-likeness (QED) is 0.308. The molecule has 146 valence electrons. The van der Waals surface area contributed by atoms with Gasteiger partial charge < -0.3 is 23.8 Å². The van der Waals surface area contributed by atoms with E-state index in [1.165, 1.54) is 13.8 Å². The summed E-state index contributed by atoms with van der Waals surface area (Å²) in [6, 6.07) is -0.472. The molecule has 2 bridgehead atoms. The molecule has 4 fully saturated rings. The van der Waals surface area contributed by atoms with Crippen molar-refractivity contribution in [3.05, 3.63) is 0 Å². The van der Waals surface area contributed by atoms with Crippen LogP contribution in [0.25, 0.3) is 0 Å². The van der Waals surface area contributed by atoms with E-state index in [2.05, 4.69) is 4.90 Å².